The summed E-state index contributed by atoms with van der Waals surface area (Å²) in [4.78, 5) is 24.0. The van der Waals surface area contributed by atoms with Gasteiger partial charge in [0.15, 0.2) is 12.7 Å². The van der Waals surface area contributed by atoms with Crippen molar-refractivity contribution in [3.05, 3.63) is 53.6 Å². The molecule has 1 N–H and O–H groups in total. The largest absolute Gasteiger partial charge is 0.497 e. The Morgan fingerprint density at radius 1 is 1.04 bits per heavy atom. The van der Waals surface area contributed by atoms with Gasteiger partial charge in [0.25, 0.3) is 5.91 Å². The number of anilines is 1. The lowest BCUT2D eigenvalue weighted by molar-refractivity contribution is -0.155. The molecular formula is C20H23NO5. The average Bonchev–Trinajstić information content (AvgIpc) is 2.59. The minimum atomic E-state index is -0.948. The van der Waals surface area contributed by atoms with Gasteiger partial charge < -0.3 is 19.5 Å². The van der Waals surface area contributed by atoms with Gasteiger partial charge in [-0.2, -0.15) is 0 Å². The highest BCUT2D eigenvalue weighted by molar-refractivity contribution is 5.95. The van der Waals surface area contributed by atoms with Gasteiger partial charge in [-0.3, -0.25) is 4.79 Å². The summed E-state index contributed by atoms with van der Waals surface area (Å²) < 4.78 is 15.7. The van der Waals surface area contributed by atoms with Crippen LogP contribution in [0.4, 0.5) is 5.69 Å². The van der Waals surface area contributed by atoms with Gasteiger partial charge in [-0.25, -0.2) is 4.79 Å². The molecule has 0 saturated carbocycles. The van der Waals surface area contributed by atoms with Crippen LogP contribution < -0.4 is 14.8 Å². The molecule has 0 heterocycles. The normalized spacial score (nSPS) is 11.4. The fraction of sp³-hybridized carbons (Fsp3) is 0.300. The van der Waals surface area contributed by atoms with E-state index in [1.54, 1.807) is 31.4 Å². The van der Waals surface area contributed by atoms with Gasteiger partial charge in [-0.15, -0.1) is 0 Å². The van der Waals surface area contributed by atoms with Crippen LogP contribution in [0.1, 0.15) is 18.1 Å². The van der Waals surface area contributed by atoms with Gasteiger partial charge >= 0.3 is 5.97 Å². The molecule has 0 fully saturated rings. The number of aryl methyl sites for hydroxylation is 2. The molecule has 0 spiro atoms. The summed E-state index contributed by atoms with van der Waals surface area (Å²) in [6.45, 7) is 5.14. The maximum atomic E-state index is 12.1. The third-order valence-corrected chi connectivity index (χ3v) is 3.57. The van der Waals surface area contributed by atoms with Crippen molar-refractivity contribution in [3.63, 3.8) is 0 Å². The number of esters is 1. The van der Waals surface area contributed by atoms with Crippen LogP contribution >= 0.6 is 0 Å². The van der Waals surface area contributed by atoms with Crippen molar-refractivity contribution in [3.8, 4) is 11.5 Å². The Bertz CT molecular complexity index is 767. The van der Waals surface area contributed by atoms with Gasteiger partial charge in [0, 0.05) is 11.8 Å². The number of hydrogen-bond acceptors (Lipinski definition) is 5. The lowest BCUT2D eigenvalue weighted by Gasteiger charge is -2.14. The molecule has 2 aromatic carbocycles. The molecule has 0 aliphatic carbocycles. The van der Waals surface area contributed by atoms with Crippen LogP contribution in [0.3, 0.4) is 0 Å². The number of nitrogens with one attached hydrogen (secondary N) is 1. The van der Waals surface area contributed by atoms with E-state index >= 15 is 0 Å². The molecular weight excluding hydrogens is 334 g/mol. The summed E-state index contributed by atoms with van der Waals surface area (Å²) >= 11 is 0. The zero-order valence-electron chi connectivity index (χ0n) is 15.4. The monoisotopic (exact) mass is 357 g/mol. The third kappa shape index (κ3) is 5.81. The molecule has 0 unspecified atom stereocenters. The predicted octanol–water partition coefficient (Wildman–Crippen LogP) is 3.26. The molecule has 0 radical (unpaired) electrons. The molecule has 0 aromatic heterocycles. The van der Waals surface area contributed by atoms with E-state index < -0.39 is 18.0 Å². The lowest BCUT2D eigenvalue weighted by Crippen LogP contribution is -2.31. The molecule has 0 saturated heterocycles. The second kappa shape index (κ2) is 8.89. The molecule has 0 aliphatic heterocycles. The molecule has 0 aliphatic rings. The quantitative estimate of drug-likeness (QED) is 0.770. The Hall–Kier alpha value is -3.02. The maximum Gasteiger partial charge on any atom is 0.344 e. The van der Waals surface area contributed by atoms with Gasteiger partial charge in [-0.1, -0.05) is 12.1 Å². The number of methoxy groups -OCH3 is 1. The Kier molecular flexibility index (Phi) is 6.60. The molecule has 1 atom stereocenters. The minimum absolute atomic E-state index is 0.264. The molecule has 138 valence electrons. The van der Waals surface area contributed by atoms with Crippen molar-refractivity contribution in [1.82, 2.24) is 0 Å². The van der Waals surface area contributed by atoms with Crippen LogP contribution in [0, 0.1) is 13.8 Å². The topological polar surface area (TPSA) is 73.9 Å². The van der Waals surface area contributed by atoms with Crippen molar-refractivity contribution in [2.45, 2.75) is 26.9 Å². The second-order valence-electron chi connectivity index (χ2n) is 5.97. The standard InChI is InChI=1S/C20H23NO5/c1-13-8-14(2)10-18(9-13)25-12-19(22)26-15(3)20(23)21-16-6-5-7-17(11-16)24-4/h5-11,15H,12H2,1-4H3,(H,21,23)/t15-/m0/s1. The van der Waals surface area contributed by atoms with Crippen molar-refractivity contribution >= 4 is 17.6 Å². The van der Waals surface area contributed by atoms with Gasteiger partial charge in [-0.05, 0) is 56.2 Å². The highest BCUT2D eigenvalue weighted by atomic mass is 16.6. The fourth-order valence-electron chi connectivity index (χ4n) is 2.39. The number of benzene rings is 2. The Morgan fingerprint density at radius 2 is 1.73 bits per heavy atom. The summed E-state index contributed by atoms with van der Waals surface area (Å²) in [5.41, 5.74) is 2.64. The SMILES string of the molecule is COc1cccc(NC(=O)[C@H](C)OC(=O)COc2cc(C)cc(C)c2)c1. The Labute approximate surface area is 153 Å². The lowest BCUT2D eigenvalue weighted by atomic mass is 10.1. The summed E-state index contributed by atoms with van der Waals surface area (Å²) in [5.74, 6) is 0.165. The van der Waals surface area contributed by atoms with Crippen molar-refractivity contribution in [2.75, 3.05) is 19.0 Å². The van der Waals surface area contributed by atoms with E-state index in [2.05, 4.69) is 5.32 Å². The van der Waals surface area contributed by atoms with E-state index in [4.69, 9.17) is 14.2 Å². The number of amides is 1. The van der Waals surface area contributed by atoms with E-state index in [0.717, 1.165) is 11.1 Å². The van der Waals surface area contributed by atoms with Gasteiger partial charge in [0.2, 0.25) is 0 Å². The first-order valence-corrected chi connectivity index (χ1v) is 8.23. The molecule has 6 nitrogen and oxygen atoms in total. The van der Waals surface area contributed by atoms with Gasteiger partial charge in [0.05, 0.1) is 7.11 Å². The molecule has 0 bridgehead atoms. The first kappa shape index (κ1) is 19.3. The van der Waals surface area contributed by atoms with Crippen LogP contribution in [-0.2, 0) is 14.3 Å². The van der Waals surface area contributed by atoms with E-state index in [1.165, 1.54) is 6.92 Å². The summed E-state index contributed by atoms with van der Waals surface area (Å²) in [5, 5.41) is 2.67. The summed E-state index contributed by atoms with van der Waals surface area (Å²) in [6, 6.07) is 12.6. The van der Waals surface area contributed by atoms with Gasteiger partial charge in [0.1, 0.15) is 11.5 Å². The van der Waals surface area contributed by atoms with Crippen LogP contribution in [0.15, 0.2) is 42.5 Å². The van der Waals surface area contributed by atoms with E-state index in [9.17, 15) is 9.59 Å². The maximum absolute atomic E-state index is 12.1. The summed E-state index contributed by atoms with van der Waals surface area (Å²) in [6.07, 6.45) is -0.948. The van der Waals surface area contributed by atoms with E-state index in [0.29, 0.717) is 17.2 Å². The zero-order valence-corrected chi connectivity index (χ0v) is 15.4. The van der Waals surface area contributed by atoms with Crippen LogP contribution in [0.5, 0.6) is 11.5 Å². The van der Waals surface area contributed by atoms with Crippen LogP contribution in [0.25, 0.3) is 0 Å². The second-order valence-corrected chi connectivity index (χ2v) is 5.97. The highest BCUT2D eigenvalue weighted by Gasteiger charge is 2.18. The predicted molar refractivity (Wildman–Crippen MR) is 98.6 cm³/mol. The van der Waals surface area contributed by atoms with Crippen LogP contribution in [0.2, 0.25) is 0 Å². The smallest absolute Gasteiger partial charge is 0.344 e. The molecule has 26 heavy (non-hydrogen) atoms. The summed E-state index contributed by atoms with van der Waals surface area (Å²) in [7, 11) is 1.54. The molecule has 2 rings (SSSR count). The first-order valence-electron chi connectivity index (χ1n) is 8.23. The highest BCUT2D eigenvalue weighted by Crippen LogP contribution is 2.18. The Morgan fingerprint density at radius 3 is 2.38 bits per heavy atom. The van der Waals surface area contributed by atoms with Crippen LogP contribution in [-0.4, -0.2) is 31.7 Å². The van der Waals surface area contributed by atoms with Crippen molar-refractivity contribution in [2.24, 2.45) is 0 Å². The number of carbonyl (C=O) groups is 2. The van der Waals surface area contributed by atoms with E-state index in [-0.39, 0.29) is 6.61 Å². The average molecular weight is 357 g/mol. The fourth-order valence-corrected chi connectivity index (χ4v) is 2.39. The third-order valence-electron chi connectivity index (χ3n) is 3.57. The zero-order chi connectivity index (χ0) is 19.1. The number of ether oxygens (including phenoxy) is 3. The number of rotatable bonds is 7. The van der Waals surface area contributed by atoms with Crippen molar-refractivity contribution in [1.29, 1.82) is 0 Å². The Balaban J connectivity index is 1.84. The molecule has 1 amide bonds. The number of carbonyl (C=O) groups excluding carboxylic acids is 2. The van der Waals surface area contributed by atoms with Crippen molar-refractivity contribution < 1.29 is 23.8 Å². The minimum Gasteiger partial charge on any atom is -0.497 e. The molecule has 6 heteroatoms. The first-order chi connectivity index (χ1) is 12.4. The molecule has 2 aromatic rings. The van der Waals surface area contributed by atoms with E-state index in [1.807, 2.05) is 32.0 Å². The number of hydrogen-bond donors (Lipinski definition) is 1.